The van der Waals surface area contributed by atoms with Crippen LogP contribution >= 0.6 is 0 Å². The second-order valence-electron chi connectivity index (χ2n) is 10.6. The second-order valence-corrected chi connectivity index (χ2v) is 10.6. The van der Waals surface area contributed by atoms with E-state index in [9.17, 15) is 9.18 Å². The summed E-state index contributed by atoms with van der Waals surface area (Å²) in [7, 11) is 1.72. The molecule has 0 saturated carbocycles. The normalized spacial score (nSPS) is 21.6. The van der Waals surface area contributed by atoms with Gasteiger partial charge in [0, 0.05) is 79.9 Å². The maximum Gasteiger partial charge on any atom is 0.317 e. The molecule has 6 rings (SSSR count). The van der Waals surface area contributed by atoms with Gasteiger partial charge in [-0.05, 0) is 38.1 Å². The van der Waals surface area contributed by atoms with E-state index in [1.54, 1.807) is 31.6 Å². The highest BCUT2D eigenvalue weighted by Gasteiger charge is 2.25. The van der Waals surface area contributed by atoms with Gasteiger partial charge in [-0.15, -0.1) is 0 Å². The summed E-state index contributed by atoms with van der Waals surface area (Å²) >= 11 is 0. The molecule has 40 heavy (non-hydrogen) atoms. The van der Waals surface area contributed by atoms with Gasteiger partial charge in [-0.3, -0.25) is 9.48 Å². The molecular weight excluding hydrogens is 515 g/mol. The lowest BCUT2D eigenvalue weighted by Gasteiger charge is -2.38. The number of carbonyl (C=O) groups excluding carboxylic acids is 1. The number of benzene rings is 2. The van der Waals surface area contributed by atoms with Crippen LogP contribution < -0.4 is 25.6 Å². The smallest absolute Gasteiger partial charge is 0.317 e. The summed E-state index contributed by atoms with van der Waals surface area (Å²) < 4.78 is 27.8. The average molecular weight is 549 g/mol. The van der Waals surface area contributed by atoms with Gasteiger partial charge in [-0.1, -0.05) is 0 Å². The lowest BCUT2D eigenvalue weighted by Crippen LogP contribution is -2.54. The van der Waals surface area contributed by atoms with E-state index in [0.29, 0.717) is 47.4 Å². The van der Waals surface area contributed by atoms with Crippen molar-refractivity contribution in [3.8, 4) is 6.01 Å². The van der Waals surface area contributed by atoms with E-state index in [1.807, 2.05) is 6.07 Å². The third kappa shape index (κ3) is 5.42. The van der Waals surface area contributed by atoms with Crippen molar-refractivity contribution in [1.82, 2.24) is 30.4 Å². The minimum atomic E-state index is -0.506. The van der Waals surface area contributed by atoms with Crippen LogP contribution in [0, 0.1) is 5.82 Å². The molecule has 1 amide bonds. The Balaban J connectivity index is 1.34. The summed E-state index contributed by atoms with van der Waals surface area (Å²) in [6.07, 6.45) is 3.31. The number of piperazine rings is 1. The number of rotatable bonds is 6. The number of ether oxygens (including phenoxy) is 2. The van der Waals surface area contributed by atoms with Gasteiger partial charge in [0.05, 0.1) is 17.7 Å². The number of halogens is 1. The van der Waals surface area contributed by atoms with E-state index >= 15 is 0 Å². The molecule has 0 spiro atoms. The number of hydrogen-bond acceptors (Lipinski definition) is 9. The molecule has 2 aromatic carbocycles. The Morgan fingerprint density at radius 1 is 1.23 bits per heavy atom. The lowest BCUT2D eigenvalue weighted by molar-refractivity contribution is -0.00170. The first-order chi connectivity index (χ1) is 19.3. The van der Waals surface area contributed by atoms with E-state index in [1.165, 1.54) is 10.7 Å². The molecule has 3 N–H and O–H groups in total. The van der Waals surface area contributed by atoms with Crippen LogP contribution in [0.5, 0.6) is 6.01 Å². The van der Waals surface area contributed by atoms with Gasteiger partial charge < -0.3 is 30.3 Å². The molecule has 12 heteroatoms. The van der Waals surface area contributed by atoms with Crippen LogP contribution in [0.25, 0.3) is 21.8 Å². The Morgan fingerprint density at radius 2 is 2.05 bits per heavy atom. The molecule has 4 aromatic rings. The monoisotopic (exact) mass is 548 g/mol. The second kappa shape index (κ2) is 11.0. The first-order valence-corrected chi connectivity index (χ1v) is 13.5. The number of anilines is 2. The Bertz CT molecular complexity index is 1540. The highest BCUT2D eigenvalue weighted by atomic mass is 19.1. The van der Waals surface area contributed by atoms with Crippen molar-refractivity contribution in [2.75, 3.05) is 49.6 Å². The topological polar surface area (TPSA) is 118 Å². The fraction of sp³-hybridized carbons (Fsp3) is 0.429. The molecule has 2 aliphatic heterocycles. The third-order valence-corrected chi connectivity index (χ3v) is 7.19. The molecule has 11 nitrogen and oxygen atoms in total. The van der Waals surface area contributed by atoms with Gasteiger partial charge >= 0.3 is 6.01 Å². The van der Waals surface area contributed by atoms with E-state index in [2.05, 4.69) is 49.8 Å². The number of carbonyl (C=O) groups is 1. The van der Waals surface area contributed by atoms with Crippen molar-refractivity contribution in [1.29, 1.82) is 0 Å². The summed E-state index contributed by atoms with van der Waals surface area (Å²) in [5, 5.41) is 15.1. The van der Waals surface area contributed by atoms with Crippen molar-refractivity contribution in [2.45, 2.75) is 32.0 Å². The molecule has 0 radical (unpaired) electrons. The molecule has 3 atom stereocenters. The minimum absolute atomic E-state index is 0.108. The zero-order chi connectivity index (χ0) is 27.8. The van der Waals surface area contributed by atoms with Crippen molar-refractivity contribution >= 4 is 39.1 Å². The van der Waals surface area contributed by atoms with Gasteiger partial charge in [0.2, 0.25) is 0 Å². The average Bonchev–Trinajstić information content (AvgIpc) is 3.32. The van der Waals surface area contributed by atoms with Crippen LogP contribution in [0.3, 0.4) is 0 Å². The standard InChI is InChI=1S/C28H33FN8O3/c1-16-12-37(13-17(2)32-16)24-5-4-21(27(38)33-19-8-18-14-36(3)35-25(18)23(29)9-19)26-22(24)11-31-28(34-26)40-15-20-10-30-6-7-39-20/h4-5,8-9,11,14,16-17,20,30,32H,6-7,10,12-13,15H2,1-3H3,(H,33,38)/t16-,17-,20?/m1/s1. The molecule has 2 aliphatic rings. The van der Waals surface area contributed by atoms with Crippen LogP contribution in [0.4, 0.5) is 15.8 Å². The number of aromatic nitrogens is 4. The van der Waals surface area contributed by atoms with Crippen LogP contribution in [0.2, 0.25) is 0 Å². The minimum Gasteiger partial charge on any atom is -0.461 e. The predicted octanol–water partition coefficient (Wildman–Crippen LogP) is 2.46. The van der Waals surface area contributed by atoms with Crippen LogP contribution in [-0.2, 0) is 11.8 Å². The number of amides is 1. The number of nitrogens with zero attached hydrogens (tertiary/aromatic N) is 5. The maximum absolute atomic E-state index is 14.7. The molecule has 2 fully saturated rings. The summed E-state index contributed by atoms with van der Waals surface area (Å²) in [4.78, 5) is 25.0. The third-order valence-electron chi connectivity index (χ3n) is 7.19. The molecule has 4 heterocycles. The molecule has 210 valence electrons. The van der Waals surface area contributed by atoms with Crippen molar-refractivity contribution in [3.63, 3.8) is 0 Å². The Hall–Kier alpha value is -3.87. The van der Waals surface area contributed by atoms with Crippen LogP contribution in [0.15, 0.2) is 36.7 Å². The quantitative estimate of drug-likeness (QED) is 0.334. The first-order valence-electron chi connectivity index (χ1n) is 13.5. The van der Waals surface area contributed by atoms with Gasteiger partial charge in [-0.2, -0.15) is 10.1 Å². The zero-order valence-electron chi connectivity index (χ0n) is 22.8. The Labute approximate surface area is 231 Å². The number of fused-ring (bicyclic) bond motifs is 2. The van der Waals surface area contributed by atoms with E-state index in [0.717, 1.165) is 30.7 Å². The van der Waals surface area contributed by atoms with Crippen molar-refractivity contribution in [3.05, 3.63) is 48.0 Å². The van der Waals surface area contributed by atoms with Crippen LogP contribution in [-0.4, -0.2) is 83.2 Å². The summed E-state index contributed by atoms with van der Waals surface area (Å²) in [6.45, 7) is 8.31. The number of morpholine rings is 1. The SMILES string of the molecule is C[C@@H]1CN(c2ccc(C(=O)Nc3cc(F)c4nn(C)cc4c3)c3nc(OCC4CNCCO4)ncc23)C[C@@H](C)N1. The van der Waals surface area contributed by atoms with E-state index < -0.39 is 11.7 Å². The Kier molecular flexibility index (Phi) is 7.22. The van der Waals surface area contributed by atoms with Gasteiger partial charge in [0.25, 0.3) is 5.91 Å². The van der Waals surface area contributed by atoms with Crippen molar-refractivity contribution in [2.24, 2.45) is 7.05 Å². The predicted molar refractivity (Wildman–Crippen MR) is 151 cm³/mol. The van der Waals surface area contributed by atoms with Gasteiger partial charge in [0.1, 0.15) is 18.2 Å². The van der Waals surface area contributed by atoms with E-state index in [4.69, 9.17) is 9.47 Å². The number of hydrogen-bond donors (Lipinski definition) is 3. The summed E-state index contributed by atoms with van der Waals surface area (Å²) in [6, 6.07) is 7.42. The molecule has 2 saturated heterocycles. The fourth-order valence-corrected chi connectivity index (χ4v) is 5.52. The molecular formula is C28H33FN8O3. The number of nitrogens with one attached hydrogen (secondary N) is 3. The Morgan fingerprint density at radius 3 is 2.83 bits per heavy atom. The van der Waals surface area contributed by atoms with Gasteiger partial charge in [0.15, 0.2) is 5.82 Å². The highest BCUT2D eigenvalue weighted by molar-refractivity contribution is 6.14. The van der Waals surface area contributed by atoms with Crippen LogP contribution in [0.1, 0.15) is 24.2 Å². The van der Waals surface area contributed by atoms with E-state index in [-0.39, 0.29) is 24.2 Å². The number of aryl methyl sites for hydroxylation is 1. The molecule has 0 bridgehead atoms. The zero-order valence-corrected chi connectivity index (χ0v) is 22.8. The summed E-state index contributed by atoms with van der Waals surface area (Å²) in [5.41, 5.74) is 2.33. The van der Waals surface area contributed by atoms with Crippen molar-refractivity contribution < 1.29 is 18.7 Å². The maximum atomic E-state index is 14.7. The fourth-order valence-electron chi connectivity index (χ4n) is 5.52. The molecule has 2 aromatic heterocycles. The molecule has 0 aliphatic carbocycles. The largest absolute Gasteiger partial charge is 0.461 e. The highest BCUT2D eigenvalue weighted by Crippen LogP contribution is 2.31. The lowest BCUT2D eigenvalue weighted by atomic mass is 10.0. The summed E-state index contributed by atoms with van der Waals surface area (Å²) in [5.74, 6) is -0.918. The first kappa shape index (κ1) is 26.4. The van der Waals surface area contributed by atoms with Gasteiger partial charge in [-0.25, -0.2) is 9.37 Å². The molecule has 1 unspecified atom stereocenters.